The maximum absolute atomic E-state index is 12.5. The minimum Gasteiger partial charge on any atom is -0.508 e. The van der Waals surface area contributed by atoms with Gasteiger partial charge in [0.2, 0.25) is 6.29 Å². The standard InChI is InChI=1S/C24H28O12/c25-10-13-9-16(35-17(28)6-3-12-1-4-14(27)5-2-12)24(32)7-8-33-22(18(13)24)36-23-21(31)20(30)19(29)15(11-26)34-23/h1-9,15-16,18-23,25-27,29-32H,10-11H2. The molecule has 7 N–H and O–H groups in total. The molecule has 36 heavy (non-hydrogen) atoms. The van der Waals surface area contributed by atoms with E-state index in [9.17, 15) is 40.5 Å². The van der Waals surface area contributed by atoms with Crippen LogP contribution in [0.1, 0.15) is 5.56 Å². The molecular formula is C24H28O12. The van der Waals surface area contributed by atoms with Crippen molar-refractivity contribution >= 4 is 12.0 Å². The molecule has 9 atom stereocenters. The van der Waals surface area contributed by atoms with E-state index in [0.29, 0.717) is 5.56 Å². The van der Waals surface area contributed by atoms with E-state index < -0.39 is 73.8 Å². The number of aliphatic hydroxyl groups excluding tert-OH is 5. The first-order valence-corrected chi connectivity index (χ1v) is 11.2. The van der Waals surface area contributed by atoms with E-state index in [1.807, 2.05) is 0 Å². The molecule has 3 aliphatic rings. The van der Waals surface area contributed by atoms with Crippen LogP contribution in [-0.2, 0) is 23.7 Å². The summed E-state index contributed by atoms with van der Waals surface area (Å²) in [7, 11) is 0. The number of phenols is 1. The predicted octanol–water partition coefficient (Wildman–Crippen LogP) is -1.72. The van der Waals surface area contributed by atoms with Crippen molar-refractivity contribution in [2.45, 2.75) is 48.7 Å². The first-order valence-electron chi connectivity index (χ1n) is 11.2. The molecule has 0 spiro atoms. The summed E-state index contributed by atoms with van der Waals surface area (Å²) >= 11 is 0. The molecule has 2 aliphatic heterocycles. The molecule has 9 unspecified atom stereocenters. The second kappa shape index (κ2) is 10.7. The molecular weight excluding hydrogens is 480 g/mol. The Bertz CT molecular complexity index is 1020. The molecule has 12 heteroatoms. The zero-order chi connectivity index (χ0) is 26.0. The van der Waals surface area contributed by atoms with Gasteiger partial charge in [-0.15, -0.1) is 0 Å². The molecule has 0 bridgehead atoms. The summed E-state index contributed by atoms with van der Waals surface area (Å²) in [5.41, 5.74) is -1.05. The van der Waals surface area contributed by atoms with Crippen molar-refractivity contribution in [2.75, 3.05) is 13.2 Å². The lowest BCUT2D eigenvalue weighted by Gasteiger charge is -2.44. The van der Waals surface area contributed by atoms with E-state index in [2.05, 4.69) is 0 Å². The highest BCUT2D eigenvalue weighted by atomic mass is 16.8. The van der Waals surface area contributed by atoms with Crippen LogP contribution < -0.4 is 0 Å². The topological polar surface area (TPSA) is 196 Å². The third kappa shape index (κ3) is 5.03. The van der Waals surface area contributed by atoms with Crippen LogP contribution in [0, 0.1) is 5.92 Å². The van der Waals surface area contributed by atoms with Crippen molar-refractivity contribution in [3.63, 3.8) is 0 Å². The van der Waals surface area contributed by atoms with Gasteiger partial charge in [-0.1, -0.05) is 12.1 Å². The van der Waals surface area contributed by atoms with E-state index in [0.717, 1.165) is 12.3 Å². The van der Waals surface area contributed by atoms with Crippen LogP contribution in [0.5, 0.6) is 5.75 Å². The van der Waals surface area contributed by atoms with Crippen molar-refractivity contribution in [2.24, 2.45) is 5.92 Å². The third-order valence-corrected chi connectivity index (χ3v) is 6.39. The highest BCUT2D eigenvalue weighted by molar-refractivity contribution is 5.87. The van der Waals surface area contributed by atoms with Gasteiger partial charge in [0.15, 0.2) is 12.4 Å². The number of fused-ring (bicyclic) bond motifs is 1. The van der Waals surface area contributed by atoms with Crippen LogP contribution in [0.4, 0.5) is 0 Å². The second-order valence-electron chi connectivity index (χ2n) is 8.69. The molecule has 0 aromatic heterocycles. The van der Waals surface area contributed by atoms with E-state index in [4.69, 9.17) is 18.9 Å². The Morgan fingerprint density at radius 3 is 2.44 bits per heavy atom. The average Bonchev–Trinajstić information content (AvgIpc) is 3.16. The fourth-order valence-electron chi connectivity index (χ4n) is 4.42. The highest BCUT2D eigenvalue weighted by Gasteiger charge is 2.57. The SMILES string of the molecule is O=C(C=Cc1ccc(O)cc1)OC1C=C(CO)C2C(OC3OC(CO)C(O)C(O)C3O)OC=CC12O. The molecule has 1 aliphatic carbocycles. The van der Waals surface area contributed by atoms with Gasteiger partial charge in [-0.25, -0.2) is 4.79 Å². The Morgan fingerprint density at radius 2 is 1.78 bits per heavy atom. The van der Waals surface area contributed by atoms with Crippen LogP contribution in [0.3, 0.4) is 0 Å². The lowest BCUT2D eigenvalue weighted by atomic mass is 9.83. The maximum atomic E-state index is 12.5. The number of hydrogen-bond acceptors (Lipinski definition) is 12. The number of ether oxygens (including phenoxy) is 4. The normalized spacial score (nSPS) is 37.9. The monoisotopic (exact) mass is 508 g/mol. The van der Waals surface area contributed by atoms with Gasteiger partial charge in [-0.05, 0) is 41.5 Å². The van der Waals surface area contributed by atoms with E-state index in [-0.39, 0.29) is 11.3 Å². The predicted molar refractivity (Wildman–Crippen MR) is 119 cm³/mol. The van der Waals surface area contributed by atoms with Crippen molar-refractivity contribution < 1.29 is 59.5 Å². The molecule has 1 aromatic rings. The lowest BCUT2D eigenvalue weighted by molar-refractivity contribution is -0.344. The van der Waals surface area contributed by atoms with Gasteiger partial charge in [-0.2, -0.15) is 0 Å². The van der Waals surface area contributed by atoms with Crippen molar-refractivity contribution in [1.29, 1.82) is 0 Å². The van der Waals surface area contributed by atoms with Gasteiger partial charge in [0.1, 0.15) is 35.8 Å². The Labute approximate surface area is 205 Å². The lowest BCUT2D eigenvalue weighted by Crippen LogP contribution is -2.61. The number of aromatic hydroxyl groups is 1. The first-order chi connectivity index (χ1) is 17.2. The van der Waals surface area contributed by atoms with Gasteiger partial charge in [0.05, 0.1) is 25.4 Å². The Morgan fingerprint density at radius 1 is 1.06 bits per heavy atom. The number of benzene rings is 1. The fourth-order valence-corrected chi connectivity index (χ4v) is 4.42. The minimum absolute atomic E-state index is 0.0717. The number of esters is 1. The summed E-state index contributed by atoms with van der Waals surface area (Å²) in [4.78, 5) is 12.5. The molecule has 196 valence electrons. The van der Waals surface area contributed by atoms with Crippen molar-refractivity contribution in [3.8, 4) is 5.75 Å². The summed E-state index contributed by atoms with van der Waals surface area (Å²) in [6.45, 7) is -1.21. The smallest absolute Gasteiger partial charge is 0.331 e. The fraction of sp³-hybridized carbons (Fsp3) is 0.458. The summed E-state index contributed by atoms with van der Waals surface area (Å²) in [5.74, 6) is -1.82. The molecule has 12 nitrogen and oxygen atoms in total. The molecule has 2 heterocycles. The minimum atomic E-state index is -1.89. The molecule has 0 amide bonds. The van der Waals surface area contributed by atoms with E-state index in [1.54, 1.807) is 12.1 Å². The first kappa shape index (κ1) is 26.3. The Hall–Kier alpha value is -2.81. The number of carbonyl (C=O) groups is 1. The summed E-state index contributed by atoms with van der Waals surface area (Å²) in [6.07, 6.45) is -4.08. The summed E-state index contributed by atoms with van der Waals surface area (Å²) in [6, 6.07) is 6.08. The van der Waals surface area contributed by atoms with E-state index in [1.165, 1.54) is 30.4 Å². The van der Waals surface area contributed by atoms with Crippen molar-refractivity contribution in [1.82, 2.24) is 0 Å². The molecule has 4 rings (SSSR count). The van der Waals surface area contributed by atoms with Crippen LogP contribution >= 0.6 is 0 Å². The van der Waals surface area contributed by atoms with E-state index >= 15 is 0 Å². The Kier molecular flexibility index (Phi) is 7.78. The summed E-state index contributed by atoms with van der Waals surface area (Å²) < 4.78 is 21.9. The van der Waals surface area contributed by atoms with Crippen LogP contribution in [-0.4, -0.2) is 104 Å². The second-order valence-corrected chi connectivity index (χ2v) is 8.69. The Balaban J connectivity index is 1.49. The zero-order valence-electron chi connectivity index (χ0n) is 18.9. The average molecular weight is 508 g/mol. The van der Waals surface area contributed by atoms with Crippen LogP contribution in [0.15, 0.2) is 54.3 Å². The van der Waals surface area contributed by atoms with Crippen LogP contribution in [0.2, 0.25) is 0 Å². The number of phenolic OH excluding ortho intramolecular Hbond substituents is 1. The number of aliphatic hydroxyl groups is 6. The van der Waals surface area contributed by atoms with Crippen LogP contribution in [0.25, 0.3) is 6.08 Å². The number of carbonyl (C=O) groups excluding carboxylic acids is 1. The molecule has 1 fully saturated rings. The molecule has 0 radical (unpaired) electrons. The quantitative estimate of drug-likeness (QED) is 0.125. The number of rotatable bonds is 7. The van der Waals surface area contributed by atoms with Gasteiger partial charge in [0, 0.05) is 6.08 Å². The zero-order valence-corrected chi connectivity index (χ0v) is 18.9. The van der Waals surface area contributed by atoms with Gasteiger partial charge >= 0.3 is 5.97 Å². The maximum Gasteiger partial charge on any atom is 0.331 e. The van der Waals surface area contributed by atoms with Crippen molar-refractivity contribution in [3.05, 3.63) is 59.9 Å². The van der Waals surface area contributed by atoms with Gasteiger partial charge in [-0.3, -0.25) is 0 Å². The molecule has 0 saturated carbocycles. The van der Waals surface area contributed by atoms with Gasteiger partial charge in [0.25, 0.3) is 0 Å². The van der Waals surface area contributed by atoms with Gasteiger partial charge < -0.3 is 54.7 Å². The number of hydrogen-bond donors (Lipinski definition) is 7. The highest BCUT2D eigenvalue weighted by Crippen LogP contribution is 2.45. The summed E-state index contributed by atoms with van der Waals surface area (Å²) in [5, 5.41) is 70.3. The molecule has 1 aromatic carbocycles. The largest absolute Gasteiger partial charge is 0.508 e. The molecule has 1 saturated heterocycles. The third-order valence-electron chi connectivity index (χ3n) is 6.39.